The molecule has 0 radical (unpaired) electrons. The highest BCUT2D eigenvalue weighted by Gasteiger charge is 1.96. The fourth-order valence-electron chi connectivity index (χ4n) is 0.901. The molecule has 0 fully saturated rings. The summed E-state index contributed by atoms with van der Waals surface area (Å²) in [6.45, 7) is 0. The molecule has 5 heteroatoms. The number of amidine groups is 1. The molecule has 0 atom stereocenters. The van der Waals surface area contributed by atoms with Gasteiger partial charge in [0.15, 0.2) is 5.17 Å². The predicted octanol–water partition coefficient (Wildman–Crippen LogP) is 3.11. The van der Waals surface area contributed by atoms with E-state index < -0.39 is 0 Å². The van der Waals surface area contributed by atoms with Crippen molar-refractivity contribution in [2.45, 2.75) is 4.90 Å². The van der Waals surface area contributed by atoms with E-state index in [1.165, 1.54) is 4.90 Å². The van der Waals surface area contributed by atoms with Crippen LogP contribution in [0.4, 0.5) is 0 Å². The summed E-state index contributed by atoms with van der Waals surface area (Å²) >= 11 is 9.16. The lowest BCUT2D eigenvalue weighted by Crippen LogP contribution is -2.07. The Kier molecular flexibility index (Phi) is 5.98. The number of thioether (sulfide) groups is 2. The Morgan fingerprint density at radius 3 is 2.60 bits per heavy atom. The molecule has 1 rings (SSSR count). The Morgan fingerprint density at radius 2 is 2.00 bits per heavy atom. The molecule has 2 nitrogen and oxygen atoms in total. The molecule has 1 aromatic rings. The van der Waals surface area contributed by atoms with Crippen LogP contribution in [0.1, 0.15) is 0 Å². The Labute approximate surface area is 104 Å². The summed E-state index contributed by atoms with van der Waals surface area (Å²) in [6.07, 6.45) is 0. The highest BCUT2D eigenvalue weighted by molar-refractivity contribution is 8.14. The van der Waals surface area contributed by atoms with Gasteiger partial charge < -0.3 is 5.73 Å². The van der Waals surface area contributed by atoms with Gasteiger partial charge in [0.2, 0.25) is 0 Å². The van der Waals surface area contributed by atoms with Gasteiger partial charge in [-0.2, -0.15) is 0 Å². The van der Waals surface area contributed by atoms with Gasteiger partial charge in [-0.25, -0.2) is 0 Å². The third-order valence-corrected chi connectivity index (χ3v) is 4.05. The van der Waals surface area contributed by atoms with E-state index in [9.17, 15) is 0 Å². The van der Waals surface area contributed by atoms with Crippen molar-refractivity contribution >= 4 is 40.3 Å². The van der Waals surface area contributed by atoms with Gasteiger partial charge in [0.25, 0.3) is 0 Å². The molecule has 15 heavy (non-hydrogen) atoms. The Hall–Kier alpha value is -0.320. The quantitative estimate of drug-likeness (QED) is 0.391. The second-order valence-corrected chi connectivity index (χ2v) is 5.43. The molecular formula is C10H13ClN2S2. The molecule has 82 valence electrons. The van der Waals surface area contributed by atoms with E-state index >= 15 is 0 Å². The van der Waals surface area contributed by atoms with Gasteiger partial charge in [0.1, 0.15) is 0 Å². The molecule has 0 amide bonds. The SMILES string of the molecule is CN=C(N)SCCSc1ccc(Cl)cc1. The molecule has 0 aromatic heterocycles. The molecule has 0 spiro atoms. The summed E-state index contributed by atoms with van der Waals surface area (Å²) in [5.74, 6) is 1.99. The number of benzene rings is 1. The predicted molar refractivity (Wildman–Crippen MR) is 72.2 cm³/mol. The average Bonchev–Trinajstić information content (AvgIpc) is 2.26. The number of nitrogens with two attached hydrogens (primary N) is 1. The Balaban J connectivity index is 2.23. The smallest absolute Gasteiger partial charge is 0.153 e. The second-order valence-electron chi connectivity index (χ2n) is 2.71. The van der Waals surface area contributed by atoms with Crippen molar-refractivity contribution in [3.63, 3.8) is 0 Å². The third-order valence-electron chi connectivity index (χ3n) is 1.64. The first-order chi connectivity index (χ1) is 7.22. The minimum absolute atomic E-state index is 0.645. The molecule has 0 aliphatic carbocycles. The number of hydrogen-bond donors (Lipinski definition) is 1. The van der Waals surface area contributed by atoms with Crippen molar-refractivity contribution in [1.82, 2.24) is 0 Å². The van der Waals surface area contributed by atoms with Crippen LogP contribution < -0.4 is 5.73 Å². The van der Waals surface area contributed by atoms with Crippen molar-refractivity contribution in [1.29, 1.82) is 0 Å². The molecular weight excluding hydrogens is 248 g/mol. The van der Waals surface area contributed by atoms with Gasteiger partial charge in [-0.15, -0.1) is 11.8 Å². The number of rotatable bonds is 4. The van der Waals surface area contributed by atoms with Crippen LogP contribution in [0.5, 0.6) is 0 Å². The maximum Gasteiger partial charge on any atom is 0.153 e. The Morgan fingerprint density at radius 1 is 1.33 bits per heavy atom. The first kappa shape index (κ1) is 12.7. The van der Waals surface area contributed by atoms with E-state index in [1.807, 2.05) is 24.3 Å². The first-order valence-electron chi connectivity index (χ1n) is 4.46. The molecule has 0 saturated carbocycles. The van der Waals surface area contributed by atoms with Gasteiger partial charge in [0.05, 0.1) is 0 Å². The fraction of sp³-hybridized carbons (Fsp3) is 0.300. The normalized spacial score (nSPS) is 11.7. The van der Waals surface area contributed by atoms with Gasteiger partial charge in [-0.05, 0) is 24.3 Å². The van der Waals surface area contributed by atoms with E-state index in [1.54, 1.807) is 30.6 Å². The minimum atomic E-state index is 0.645. The van der Waals surface area contributed by atoms with Crippen LogP contribution in [-0.4, -0.2) is 23.7 Å². The van der Waals surface area contributed by atoms with Crippen LogP contribution >= 0.6 is 35.1 Å². The molecule has 0 unspecified atom stereocenters. The zero-order valence-corrected chi connectivity index (χ0v) is 10.8. The van der Waals surface area contributed by atoms with Crippen LogP contribution in [0.2, 0.25) is 5.02 Å². The lowest BCUT2D eigenvalue weighted by molar-refractivity contribution is 1.43. The molecule has 0 bridgehead atoms. The van der Waals surface area contributed by atoms with E-state index in [4.69, 9.17) is 17.3 Å². The summed E-state index contributed by atoms with van der Waals surface area (Å²) in [5.41, 5.74) is 5.56. The van der Waals surface area contributed by atoms with E-state index in [-0.39, 0.29) is 0 Å². The molecule has 0 aliphatic heterocycles. The number of aliphatic imine (C=N–C) groups is 1. The van der Waals surface area contributed by atoms with Crippen LogP contribution in [0, 0.1) is 0 Å². The van der Waals surface area contributed by atoms with Crippen LogP contribution in [0.3, 0.4) is 0 Å². The van der Waals surface area contributed by atoms with Crippen LogP contribution in [-0.2, 0) is 0 Å². The Bertz CT molecular complexity index is 325. The molecule has 1 aromatic carbocycles. The van der Waals surface area contributed by atoms with Crippen LogP contribution in [0.15, 0.2) is 34.2 Å². The molecule has 0 aliphatic rings. The van der Waals surface area contributed by atoms with Crippen LogP contribution in [0.25, 0.3) is 0 Å². The molecule has 2 N–H and O–H groups in total. The standard InChI is InChI=1S/C10H13ClN2S2/c1-13-10(12)15-7-6-14-9-4-2-8(11)3-5-9/h2-5H,6-7H2,1H3,(H2,12,13). The highest BCUT2D eigenvalue weighted by atomic mass is 35.5. The number of nitrogens with zero attached hydrogens (tertiary/aromatic N) is 1. The minimum Gasteiger partial charge on any atom is -0.379 e. The third kappa shape index (κ3) is 5.35. The maximum absolute atomic E-state index is 5.79. The topological polar surface area (TPSA) is 38.4 Å². The van der Waals surface area contributed by atoms with Crippen molar-refractivity contribution in [2.75, 3.05) is 18.6 Å². The molecule has 0 heterocycles. The van der Waals surface area contributed by atoms with Crippen molar-refractivity contribution in [2.24, 2.45) is 10.7 Å². The van der Waals surface area contributed by atoms with E-state index in [0.717, 1.165) is 16.5 Å². The summed E-state index contributed by atoms with van der Waals surface area (Å²) in [5, 5.41) is 1.42. The molecule has 0 saturated heterocycles. The van der Waals surface area contributed by atoms with Gasteiger partial charge in [0, 0.05) is 28.5 Å². The summed E-state index contributed by atoms with van der Waals surface area (Å²) in [4.78, 5) is 5.10. The lowest BCUT2D eigenvalue weighted by atomic mass is 10.4. The van der Waals surface area contributed by atoms with Gasteiger partial charge in [-0.3, -0.25) is 4.99 Å². The number of hydrogen-bond acceptors (Lipinski definition) is 3. The van der Waals surface area contributed by atoms with Crippen molar-refractivity contribution in [3.8, 4) is 0 Å². The van der Waals surface area contributed by atoms with Crippen molar-refractivity contribution in [3.05, 3.63) is 29.3 Å². The second kappa shape index (κ2) is 7.04. The fourth-order valence-corrected chi connectivity index (χ4v) is 2.60. The zero-order chi connectivity index (χ0) is 11.1. The van der Waals surface area contributed by atoms with E-state index in [0.29, 0.717) is 5.17 Å². The summed E-state index contributed by atoms with van der Waals surface area (Å²) < 4.78 is 0. The average molecular weight is 261 g/mol. The van der Waals surface area contributed by atoms with Gasteiger partial charge in [-0.1, -0.05) is 23.4 Å². The maximum atomic E-state index is 5.79. The largest absolute Gasteiger partial charge is 0.379 e. The summed E-state index contributed by atoms with van der Waals surface area (Å²) in [6, 6.07) is 7.85. The monoisotopic (exact) mass is 260 g/mol. The zero-order valence-electron chi connectivity index (χ0n) is 8.44. The first-order valence-corrected chi connectivity index (χ1v) is 6.80. The van der Waals surface area contributed by atoms with Crippen molar-refractivity contribution < 1.29 is 0 Å². The highest BCUT2D eigenvalue weighted by Crippen LogP contribution is 2.21. The summed E-state index contributed by atoms with van der Waals surface area (Å²) in [7, 11) is 1.70. The lowest BCUT2D eigenvalue weighted by Gasteiger charge is -2.01. The number of halogens is 1. The van der Waals surface area contributed by atoms with Gasteiger partial charge >= 0.3 is 0 Å². The van der Waals surface area contributed by atoms with E-state index in [2.05, 4.69) is 4.99 Å².